The molecule has 0 amide bonds. The molecule has 0 saturated heterocycles. The Hall–Kier alpha value is -0.920. The van der Waals surface area contributed by atoms with E-state index >= 15 is 0 Å². The topological polar surface area (TPSA) is 85.3 Å². The maximum Gasteiger partial charge on any atom is 0.252 e. The molecular weight excluding hydrogens is 324 g/mol. The van der Waals surface area contributed by atoms with Crippen LogP contribution < -0.4 is 0 Å². The highest BCUT2D eigenvalue weighted by Gasteiger charge is 2.28. The fraction of sp³-hybridized carbons (Fsp3) is 0.417. The van der Waals surface area contributed by atoms with Crippen molar-refractivity contribution in [2.24, 2.45) is 0 Å². The molecule has 0 N–H and O–H groups in total. The van der Waals surface area contributed by atoms with Crippen molar-refractivity contribution in [2.45, 2.75) is 35.8 Å². The second-order valence-corrected chi connectivity index (χ2v) is 9.55. The Kier molecular flexibility index (Phi) is 4.68. The highest BCUT2D eigenvalue weighted by Crippen LogP contribution is 2.28. The lowest BCUT2D eigenvalue weighted by atomic mass is 10.1. The van der Waals surface area contributed by atoms with E-state index in [-0.39, 0.29) is 10.5 Å². The first kappa shape index (κ1) is 17.1. The maximum absolute atomic E-state index is 12.3. The zero-order chi connectivity index (χ0) is 15.9. The average Bonchev–Trinajstić information content (AvgIpc) is 2.26. The lowest BCUT2D eigenvalue weighted by molar-refractivity contribution is 0.108. The summed E-state index contributed by atoms with van der Waals surface area (Å²) in [4.78, 5) is 10.6. The molecule has 0 unspecified atom stereocenters. The van der Waals surface area contributed by atoms with Crippen molar-refractivity contribution in [3.63, 3.8) is 0 Å². The van der Waals surface area contributed by atoms with E-state index in [2.05, 4.69) is 0 Å². The molecule has 5 nitrogen and oxygen atoms in total. The third-order valence-corrected chi connectivity index (χ3v) is 6.49. The number of sulfone groups is 2. The van der Waals surface area contributed by atoms with Crippen LogP contribution in [0, 0.1) is 6.92 Å². The number of halogens is 1. The summed E-state index contributed by atoms with van der Waals surface area (Å²) >= 11 is 5.38. The summed E-state index contributed by atoms with van der Waals surface area (Å²) in [6.07, 6.45) is 0.888. The minimum absolute atomic E-state index is 0.0187. The molecule has 0 spiro atoms. The highest BCUT2D eigenvalue weighted by atomic mass is 35.5. The van der Waals surface area contributed by atoms with Crippen molar-refractivity contribution in [3.8, 4) is 0 Å². The predicted molar refractivity (Wildman–Crippen MR) is 76.8 cm³/mol. The fourth-order valence-electron chi connectivity index (χ4n) is 1.64. The van der Waals surface area contributed by atoms with Gasteiger partial charge in [0.15, 0.2) is 19.7 Å². The first-order valence-corrected chi connectivity index (χ1v) is 9.49. The van der Waals surface area contributed by atoms with E-state index in [0.29, 0.717) is 5.56 Å². The molecule has 0 radical (unpaired) electrons. The Morgan fingerprint density at radius 2 is 1.60 bits per heavy atom. The van der Waals surface area contributed by atoms with E-state index in [1.807, 2.05) is 0 Å². The molecule has 0 aliphatic heterocycles. The Bertz CT molecular complexity index is 761. The first-order chi connectivity index (χ1) is 8.89. The quantitative estimate of drug-likeness (QED) is 0.783. The summed E-state index contributed by atoms with van der Waals surface area (Å²) < 4.78 is 48.1. The molecule has 0 bridgehead atoms. The first-order valence-electron chi connectivity index (χ1n) is 5.67. The summed E-state index contributed by atoms with van der Waals surface area (Å²) in [7, 11) is -7.60. The summed E-state index contributed by atoms with van der Waals surface area (Å²) in [6.45, 7) is 4.41. The normalized spacial score (nSPS) is 12.7. The zero-order valence-corrected chi connectivity index (χ0v) is 13.9. The molecule has 1 rings (SSSR count). The van der Waals surface area contributed by atoms with Gasteiger partial charge in [-0.15, -0.1) is 0 Å². The monoisotopic (exact) mass is 338 g/mol. The Morgan fingerprint density at radius 1 is 1.10 bits per heavy atom. The number of rotatable bonds is 4. The van der Waals surface area contributed by atoms with Crippen molar-refractivity contribution in [3.05, 3.63) is 23.3 Å². The van der Waals surface area contributed by atoms with Gasteiger partial charge in [0.05, 0.1) is 15.0 Å². The third kappa shape index (κ3) is 3.21. The van der Waals surface area contributed by atoms with Crippen LogP contribution in [0.2, 0.25) is 0 Å². The van der Waals surface area contributed by atoms with E-state index in [9.17, 15) is 21.6 Å². The van der Waals surface area contributed by atoms with Crippen molar-refractivity contribution >= 4 is 36.5 Å². The van der Waals surface area contributed by atoms with Crippen LogP contribution in [-0.4, -0.2) is 33.6 Å². The maximum atomic E-state index is 12.3. The largest absolute Gasteiger partial charge is 0.276 e. The zero-order valence-electron chi connectivity index (χ0n) is 11.5. The second kappa shape index (κ2) is 5.46. The van der Waals surface area contributed by atoms with E-state index < -0.39 is 35.1 Å². The van der Waals surface area contributed by atoms with Gasteiger partial charge in [0, 0.05) is 11.8 Å². The van der Waals surface area contributed by atoms with Crippen molar-refractivity contribution in [1.82, 2.24) is 0 Å². The molecule has 20 heavy (non-hydrogen) atoms. The van der Waals surface area contributed by atoms with Gasteiger partial charge in [-0.1, -0.05) is 0 Å². The van der Waals surface area contributed by atoms with Crippen LogP contribution in [0.4, 0.5) is 0 Å². The van der Waals surface area contributed by atoms with Gasteiger partial charge in [-0.25, -0.2) is 16.8 Å². The molecule has 0 atom stereocenters. The molecule has 0 saturated carbocycles. The lowest BCUT2D eigenvalue weighted by Crippen LogP contribution is -2.18. The van der Waals surface area contributed by atoms with E-state index in [0.717, 1.165) is 12.3 Å². The van der Waals surface area contributed by atoms with E-state index in [4.69, 9.17) is 11.6 Å². The van der Waals surface area contributed by atoms with Gasteiger partial charge in [-0.3, -0.25) is 4.79 Å². The molecule has 112 valence electrons. The molecular formula is C12H15ClO5S2. The second-order valence-electron chi connectivity index (χ2n) is 4.75. The van der Waals surface area contributed by atoms with Gasteiger partial charge < -0.3 is 0 Å². The van der Waals surface area contributed by atoms with E-state index in [1.165, 1.54) is 26.8 Å². The van der Waals surface area contributed by atoms with Crippen LogP contribution in [0.15, 0.2) is 21.9 Å². The number of carbonyl (C=O) groups is 1. The molecule has 0 aliphatic rings. The van der Waals surface area contributed by atoms with Gasteiger partial charge in [-0.05, 0) is 50.1 Å². The molecule has 0 heterocycles. The Morgan fingerprint density at radius 3 is 1.95 bits per heavy atom. The van der Waals surface area contributed by atoms with Gasteiger partial charge in [0.2, 0.25) is 0 Å². The van der Waals surface area contributed by atoms with Crippen molar-refractivity contribution in [2.75, 3.05) is 6.26 Å². The lowest BCUT2D eigenvalue weighted by Gasteiger charge is -2.14. The molecule has 8 heteroatoms. The van der Waals surface area contributed by atoms with Crippen LogP contribution in [0.25, 0.3) is 0 Å². The summed E-state index contributed by atoms with van der Waals surface area (Å²) in [6, 6.07) is 2.20. The molecule has 0 fully saturated rings. The fourth-order valence-corrected chi connectivity index (χ4v) is 4.59. The molecule has 1 aromatic carbocycles. The third-order valence-electron chi connectivity index (χ3n) is 2.83. The summed E-state index contributed by atoms with van der Waals surface area (Å²) in [5, 5.41) is -1.61. The summed E-state index contributed by atoms with van der Waals surface area (Å²) in [5.74, 6) is 0. The van der Waals surface area contributed by atoms with Crippen LogP contribution >= 0.6 is 11.6 Å². The Balaban J connectivity index is 3.88. The molecule has 0 aliphatic carbocycles. The predicted octanol–water partition coefficient (Wildman–Crippen LogP) is 1.96. The van der Waals surface area contributed by atoms with E-state index in [1.54, 1.807) is 0 Å². The highest BCUT2D eigenvalue weighted by molar-refractivity contribution is 7.94. The minimum Gasteiger partial charge on any atom is -0.276 e. The van der Waals surface area contributed by atoms with Gasteiger partial charge in [0.1, 0.15) is 0 Å². The van der Waals surface area contributed by atoms with Crippen LogP contribution in [0.5, 0.6) is 0 Å². The molecule has 0 aromatic heterocycles. The SMILES string of the molecule is Cc1cc(S(=O)(=O)C(C)C)c(S(C)(=O)=O)cc1C(=O)Cl. The van der Waals surface area contributed by atoms with Gasteiger partial charge in [0.25, 0.3) is 5.24 Å². The smallest absolute Gasteiger partial charge is 0.252 e. The number of aryl methyl sites for hydroxylation is 1. The Labute approximate surface area is 123 Å². The average molecular weight is 339 g/mol. The number of carbonyl (C=O) groups excluding carboxylic acids is 1. The van der Waals surface area contributed by atoms with Crippen molar-refractivity contribution in [1.29, 1.82) is 0 Å². The summed E-state index contributed by atoms with van der Waals surface area (Å²) in [5.41, 5.74) is 0.298. The van der Waals surface area contributed by atoms with Crippen molar-refractivity contribution < 1.29 is 21.6 Å². The standard InChI is InChI=1S/C12H15ClO5S2/c1-7(2)20(17,18)11-5-8(3)9(12(13)14)6-10(11)19(4,15)16/h5-7H,1-4H3. The van der Waals surface area contributed by atoms with Crippen LogP contribution in [-0.2, 0) is 19.7 Å². The van der Waals surface area contributed by atoms with Crippen LogP contribution in [0.1, 0.15) is 29.8 Å². The van der Waals surface area contributed by atoms with Gasteiger partial charge in [-0.2, -0.15) is 0 Å². The minimum atomic E-state index is -3.81. The number of hydrogen-bond acceptors (Lipinski definition) is 5. The number of hydrogen-bond donors (Lipinski definition) is 0. The number of benzene rings is 1. The molecule has 1 aromatic rings. The van der Waals surface area contributed by atoms with Gasteiger partial charge >= 0.3 is 0 Å². The van der Waals surface area contributed by atoms with Crippen LogP contribution in [0.3, 0.4) is 0 Å².